The number of fused-ring (bicyclic) bond motifs is 1. The maximum atomic E-state index is 13.1. The minimum Gasteiger partial charge on any atom is -0.372 e. The second-order valence-electron chi connectivity index (χ2n) is 6.46. The summed E-state index contributed by atoms with van der Waals surface area (Å²) in [6.07, 6.45) is 5.44. The van der Waals surface area contributed by atoms with Crippen LogP contribution in [0.2, 0.25) is 0 Å². The van der Waals surface area contributed by atoms with E-state index in [1.807, 2.05) is 23.8 Å². The van der Waals surface area contributed by atoms with Crippen molar-refractivity contribution in [2.45, 2.75) is 50.5 Å². The number of hydrogen-bond donors (Lipinski definition) is 0. The second kappa shape index (κ2) is 5.98. The van der Waals surface area contributed by atoms with Crippen LogP contribution in [0.5, 0.6) is 0 Å². The predicted octanol–water partition coefficient (Wildman–Crippen LogP) is 2.08. The molecule has 7 heteroatoms. The lowest BCUT2D eigenvalue weighted by molar-refractivity contribution is 0.134. The molecule has 6 nitrogen and oxygen atoms in total. The van der Waals surface area contributed by atoms with E-state index in [1.165, 1.54) is 0 Å². The number of sulfonamides is 1. The maximum absolute atomic E-state index is 13.1. The first-order valence-electron chi connectivity index (χ1n) is 8.25. The Morgan fingerprint density at radius 2 is 2.12 bits per heavy atom. The molecule has 2 aromatic rings. The summed E-state index contributed by atoms with van der Waals surface area (Å²) in [5, 5.41) is 0. The summed E-state index contributed by atoms with van der Waals surface area (Å²) >= 11 is 0. The number of benzene rings is 1. The van der Waals surface area contributed by atoms with E-state index in [-0.39, 0.29) is 6.04 Å². The van der Waals surface area contributed by atoms with Crippen molar-refractivity contribution in [3.05, 3.63) is 47.5 Å². The Labute approximate surface area is 142 Å². The van der Waals surface area contributed by atoms with Gasteiger partial charge in [0.15, 0.2) is 0 Å². The summed E-state index contributed by atoms with van der Waals surface area (Å²) in [5.41, 5.74) is 2.07. The number of aryl methyl sites for hydroxylation is 1. The number of nitrogens with zero attached hydrogens (tertiary/aromatic N) is 3. The Bertz CT molecular complexity index is 860. The molecule has 3 heterocycles. The van der Waals surface area contributed by atoms with Gasteiger partial charge in [0.05, 0.1) is 18.1 Å². The van der Waals surface area contributed by atoms with Crippen molar-refractivity contribution in [2.24, 2.45) is 0 Å². The van der Waals surface area contributed by atoms with Crippen molar-refractivity contribution in [3.63, 3.8) is 0 Å². The Balaban J connectivity index is 1.62. The highest BCUT2D eigenvalue weighted by Crippen LogP contribution is 2.30. The van der Waals surface area contributed by atoms with Gasteiger partial charge >= 0.3 is 0 Å². The van der Waals surface area contributed by atoms with Gasteiger partial charge in [-0.2, -0.15) is 4.31 Å². The van der Waals surface area contributed by atoms with Gasteiger partial charge in [-0.3, -0.25) is 0 Å². The van der Waals surface area contributed by atoms with E-state index in [0.29, 0.717) is 31.2 Å². The van der Waals surface area contributed by atoms with E-state index in [4.69, 9.17) is 4.74 Å². The highest BCUT2D eigenvalue weighted by Gasteiger charge is 2.36. The molecule has 2 aliphatic heterocycles. The van der Waals surface area contributed by atoms with Gasteiger partial charge in [0.25, 0.3) is 0 Å². The molecule has 4 rings (SSSR count). The van der Waals surface area contributed by atoms with E-state index < -0.39 is 10.0 Å². The van der Waals surface area contributed by atoms with Gasteiger partial charge in [0.1, 0.15) is 5.82 Å². The molecule has 24 heavy (non-hydrogen) atoms. The van der Waals surface area contributed by atoms with Gasteiger partial charge in [-0.05, 0) is 43.0 Å². The van der Waals surface area contributed by atoms with E-state index in [0.717, 1.165) is 29.8 Å². The second-order valence-corrected chi connectivity index (χ2v) is 8.35. The largest absolute Gasteiger partial charge is 0.372 e. The SMILES string of the molecule is Cc1nccn1C[C@H]1CCCN1S(=O)(=O)c1ccc2c(c1)COC2. The fourth-order valence-electron chi connectivity index (χ4n) is 3.58. The third kappa shape index (κ3) is 2.66. The molecule has 0 unspecified atom stereocenters. The summed E-state index contributed by atoms with van der Waals surface area (Å²) in [5.74, 6) is 0.911. The van der Waals surface area contributed by atoms with Crippen molar-refractivity contribution in [3.8, 4) is 0 Å². The van der Waals surface area contributed by atoms with E-state index in [2.05, 4.69) is 4.98 Å². The smallest absolute Gasteiger partial charge is 0.243 e. The summed E-state index contributed by atoms with van der Waals surface area (Å²) in [6, 6.07) is 5.34. The molecule has 0 radical (unpaired) electrons. The van der Waals surface area contributed by atoms with Crippen LogP contribution in [0.4, 0.5) is 0 Å². The monoisotopic (exact) mass is 347 g/mol. The molecule has 1 atom stereocenters. The van der Waals surface area contributed by atoms with Crippen molar-refractivity contribution < 1.29 is 13.2 Å². The van der Waals surface area contributed by atoms with Gasteiger partial charge in [-0.1, -0.05) is 6.07 Å². The lowest BCUT2D eigenvalue weighted by atomic mass is 10.1. The molecule has 1 aromatic carbocycles. The molecule has 1 aromatic heterocycles. The minimum absolute atomic E-state index is 0.0209. The maximum Gasteiger partial charge on any atom is 0.243 e. The molecular weight excluding hydrogens is 326 g/mol. The Kier molecular flexibility index (Phi) is 3.94. The molecule has 0 N–H and O–H groups in total. The Morgan fingerprint density at radius 1 is 1.29 bits per heavy atom. The van der Waals surface area contributed by atoms with E-state index in [1.54, 1.807) is 22.6 Å². The van der Waals surface area contributed by atoms with Gasteiger partial charge in [-0.15, -0.1) is 0 Å². The van der Waals surface area contributed by atoms with Crippen LogP contribution in [-0.2, 0) is 34.5 Å². The first kappa shape index (κ1) is 15.8. The molecule has 1 saturated heterocycles. The zero-order valence-electron chi connectivity index (χ0n) is 13.7. The highest BCUT2D eigenvalue weighted by atomic mass is 32.2. The van der Waals surface area contributed by atoms with Crippen molar-refractivity contribution in [1.29, 1.82) is 0 Å². The number of hydrogen-bond acceptors (Lipinski definition) is 4. The van der Waals surface area contributed by atoms with Crippen LogP contribution in [0.3, 0.4) is 0 Å². The normalized spacial score (nSPS) is 21.3. The van der Waals surface area contributed by atoms with Crippen molar-refractivity contribution in [1.82, 2.24) is 13.9 Å². The first-order valence-corrected chi connectivity index (χ1v) is 9.69. The standard InChI is InChI=1S/C17H21N3O3S/c1-13-18-6-8-19(13)10-16-3-2-7-20(16)24(21,22)17-5-4-14-11-23-12-15(14)9-17/h4-6,8-9,16H,2-3,7,10-12H2,1H3/t16-/m1/s1. The van der Waals surface area contributed by atoms with Gasteiger partial charge in [0, 0.05) is 31.5 Å². The van der Waals surface area contributed by atoms with Crippen LogP contribution >= 0.6 is 0 Å². The average molecular weight is 347 g/mol. The first-order chi connectivity index (χ1) is 11.6. The topological polar surface area (TPSA) is 64.4 Å². The summed E-state index contributed by atoms with van der Waals surface area (Å²) in [7, 11) is -3.48. The molecule has 0 saturated carbocycles. The summed E-state index contributed by atoms with van der Waals surface area (Å²) in [6.45, 7) is 4.24. The Morgan fingerprint density at radius 3 is 2.92 bits per heavy atom. The number of aromatic nitrogens is 2. The molecule has 0 bridgehead atoms. The quantitative estimate of drug-likeness (QED) is 0.849. The van der Waals surface area contributed by atoms with E-state index >= 15 is 0 Å². The van der Waals surface area contributed by atoms with Crippen LogP contribution in [0.1, 0.15) is 29.8 Å². The zero-order valence-corrected chi connectivity index (χ0v) is 14.5. The molecule has 0 spiro atoms. The van der Waals surface area contributed by atoms with Gasteiger partial charge < -0.3 is 9.30 Å². The molecule has 1 fully saturated rings. The molecule has 0 amide bonds. The molecule has 0 aliphatic carbocycles. The molecule has 128 valence electrons. The van der Waals surface area contributed by atoms with Gasteiger partial charge in [-0.25, -0.2) is 13.4 Å². The third-order valence-corrected chi connectivity index (χ3v) is 6.90. The predicted molar refractivity (Wildman–Crippen MR) is 88.8 cm³/mol. The number of ether oxygens (including phenoxy) is 1. The number of imidazole rings is 1. The molecule has 2 aliphatic rings. The van der Waals surface area contributed by atoms with Crippen LogP contribution in [0.25, 0.3) is 0 Å². The van der Waals surface area contributed by atoms with Crippen LogP contribution in [-0.4, -0.2) is 34.9 Å². The lowest BCUT2D eigenvalue weighted by Gasteiger charge is -2.25. The van der Waals surface area contributed by atoms with Crippen LogP contribution in [0, 0.1) is 6.92 Å². The highest BCUT2D eigenvalue weighted by molar-refractivity contribution is 7.89. The lowest BCUT2D eigenvalue weighted by Crippen LogP contribution is -2.38. The average Bonchev–Trinajstić information content (AvgIpc) is 3.29. The third-order valence-electron chi connectivity index (χ3n) is 4.95. The summed E-state index contributed by atoms with van der Waals surface area (Å²) < 4.78 is 35.3. The van der Waals surface area contributed by atoms with Crippen LogP contribution in [0.15, 0.2) is 35.5 Å². The van der Waals surface area contributed by atoms with E-state index in [9.17, 15) is 8.42 Å². The van der Waals surface area contributed by atoms with Crippen molar-refractivity contribution in [2.75, 3.05) is 6.54 Å². The zero-order chi connectivity index (χ0) is 16.7. The number of rotatable bonds is 4. The Hall–Kier alpha value is -1.70. The fourth-order valence-corrected chi connectivity index (χ4v) is 5.31. The van der Waals surface area contributed by atoms with Crippen molar-refractivity contribution >= 4 is 10.0 Å². The fraction of sp³-hybridized carbons (Fsp3) is 0.471. The van der Waals surface area contributed by atoms with Gasteiger partial charge in [0.2, 0.25) is 10.0 Å². The van der Waals surface area contributed by atoms with Crippen LogP contribution < -0.4 is 0 Å². The summed E-state index contributed by atoms with van der Waals surface area (Å²) in [4.78, 5) is 4.60. The minimum atomic E-state index is -3.48. The molecular formula is C17H21N3O3S.